The van der Waals surface area contributed by atoms with Gasteiger partial charge in [-0.2, -0.15) is 0 Å². The van der Waals surface area contributed by atoms with Crippen LogP contribution in [0.1, 0.15) is 44.7 Å². The molecule has 0 amide bonds. The van der Waals surface area contributed by atoms with E-state index in [4.69, 9.17) is 11.6 Å². The molecule has 5 heteroatoms. The number of aliphatic carboxylic acids is 1. The van der Waals surface area contributed by atoms with Gasteiger partial charge in [0.15, 0.2) is 0 Å². The van der Waals surface area contributed by atoms with Crippen molar-refractivity contribution in [3.8, 4) is 0 Å². The highest BCUT2D eigenvalue weighted by Crippen LogP contribution is 2.39. The molecule has 0 saturated carbocycles. The molecular weight excluding hydrogens is 281 g/mol. The van der Waals surface area contributed by atoms with Crippen LogP contribution in [0.4, 0.5) is 4.39 Å². The molecule has 1 aliphatic rings. The second-order valence-electron chi connectivity index (χ2n) is 5.34. The lowest BCUT2D eigenvalue weighted by molar-refractivity contribution is -0.151. The Hall–Kier alpha value is -1.13. The Balaban J connectivity index is 2.34. The number of carboxylic acids is 1. The summed E-state index contributed by atoms with van der Waals surface area (Å²) in [7, 11) is 0. The van der Waals surface area contributed by atoms with Crippen molar-refractivity contribution < 1.29 is 14.3 Å². The minimum Gasteiger partial charge on any atom is -0.480 e. The van der Waals surface area contributed by atoms with Gasteiger partial charge in [-0.15, -0.1) is 0 Å². The predicted molar refractivity (Wildman–Crippen MR) is 76.4 cm³/mol. The number of rotatable bonds is 4. The van der Waals surface area contributed by atoms with E-state index in [-0.39, 0.29) is 11.1 Å². The van der Waals surface area contributed by atoms with Crippen LogP contribution in [-0.2, 0) is 4.79 Å². The first-order chi connectivity index (χ1) is 9.42. The molecule has 1 N–H and O–H groups in total. The van der Waals surface area contributed by atoms with E-state index >= 15 is 0 Å². The molecule has 1 fully saturated rings. The molecule has 20 heavy (non-hydrogen) atoms. The van der Waals surface area contributed by atoms with Crippen molar-refractivity contribution in [3.05, 3.63) is 34.6 Å². The number of hydrogen-bond acceptors (Lipinski definition) is 2. The van der Waals surface area contributed by atoms with Gasteiger partial charge < -0.3 is 5.11 Å². The molecule has 3 nitrogen and oxygen atoms in total. The summed E-state index contributed by atoms with van der Waals surface area (Å²) >= 11 is 5.82. The quantitative estimate of drug-likeness (QED) is 0.917. The maximum atomic E-state index is 13.2. The lowest BCUT2D eigenvalue weighted by atomic mass is 9.91. The van der Waals surface area contributed by atoms with E-state index in [1.807, 2.05) is 18.7 Å². The zero-order valence-electron chi connectivity index (χ0n) is 11.7. The molecule has 2 atom stereocenters. The van der Waals surface area contributed by atoms with Crippen LogP contribution in [-0.4, -0.2) is 28.1 Å². The predicted octanol–water partition coefficient (Wildman–Crippen LogP) is 3.87. The number of carbonyl (C=O) groups is 1. The smallest absolute Gasteiger partial charge is 0.324 e. The van der Waals surface area contributed by atoms with Crippen LogP contribution < -0.4 is 0 Å². The van der Waals surface area contributed by atoms with Crippen LogP contribution in [0.5, 0.6) is 0 Å². The number of benzene rings is 1. The fraction of sp³-hybridized carbons (Fsp3) is 0.533. The monoisotopic (exact) mass is 299 g/mol. The van der Waals surface area contributed by atoms with E-state index in [9.17, 15) is 14.3 Å². The second-order valence-corrected chi connectivity index (χ2v) is 5.74. The fourth-order valence-electron chi connectivity index (χ4n) is 3.18. The Morgan fingerprint density at radius 2 is 2.30 bits per heavy atom. The van der Waals surface area contributed by atoms with Gasteiger partial charge in [0.1, 0.15) is 11.4 Å². The van der Waals surface area contributed by atoms with Gasteiger partial charge in [0, 0.05) is 6.04 Å². The van der Waals surface area contributed by atoms with Gasteiger partial charge in [0.2, 0.25) is 0 Å². The van der Waals surface area contributed by atoms with Crippen LogP contribution in [0.3, 0.4) is 0 Å². The number of likely N-dealkylation sites (tertiary alicyclic amines) is 1. The van der Waals surface area contributed by atoms with Crippen LogP contribution in [0.15, 0.2) is 18.2 Å². The molecule has 0 radical (unpaired) electrons. The highest BCUT2D eigenvalue weighted by Gasteiger charge is 2.48. The number of nitrogens with zero attached hydrogens (tertiary/aromatic N) is 1. The van der Waals surface area contributed by atoms with Gasteiger partial charge in [-0.25, -0.2) is 4.39 Å². The highest BCUT2D eigenvalue weighted by molar-refractivity contribution is 6.30. The van der Waals surface area contributed by atoms with Crippen molar-refractivity contribution in [2.24, 2.45) is 0 Å². The molecule has 1 aromatic rings. The number of hydrogen-bond donors (Lipinski definition) is 1. The molecule has 0 bridgehead atoms. The minimum absolute atomic E-state index is 0.0750. The van der Waals surface area contributed by atoms with Crippen LogP contribution in [0.2, 0.25) is 5.02 Å². The average molecular weight is 300 g/mol. The van der Waals surface area contributed by atoms with Gasteiger partial charge in [-0.3, -0.25) is 9.69 Å². The van der Waals surface area contributed by atoms with Crippen LogP contribution in [0, 0.1) is 5.82 Å². The van der Waals surface area contributed by atoms with E-state index in [1.54, 1.807) is 12.1 Å². The summed E-state index contributed by atoms with van der Waals surface area (Å²) in [4.78, 5) is 13.7. The standard InChI is InChI=1S/C15H19ClFNO2/c1-3-15(14(19)20)7-4-8-18(15)10(2)11-5-6-13(17)12(16)9-11/h5-6,9-10H,3-4,7-8H2,1-2H3,(H,19,20). The third-order valence-corrected chi connectivity index (χ3v) is 4.71. The van der Waals surface area contributed by atoms with Gasteiger partial charge >= 0.3 is 5.97 Å². The van der Waals surface area contributed by atoms with Crippen molar-refractivity contribution in [2.75, 3.05) is 6.54 Å². The van der Waals surface area contributed by atoms with E-state index in [0.717, 1.165) is 18.5 Å². The molecule has 0 aromatic heterocycles. The Kier molecular flexibility index (Phi) is 4.35. The van der Waals surface area contributed by atoms with Gasteiger partial charge in [-0.1, -0.05) is 24.6 Å². The number of halogens is 2. The summed E-state index contributed by atoms with van der Waals surface area (Å²) in [6, 6.07) is 4.49. The second kappa shape index (κ2) is 5.70. The Labute approximate surface area is 123 Å². The third-order valence-electron chi connectivity index (χ3n) is 4.42. The third kappa shape index (κ3) is 2.42. The molecule has 1 saturated heterocycles. The summed E-state index contributed by atoms with van der Waals surface area (Å²) in [6.45, 7) is 4.58. The Morgan fingerprint density at radius 1 is 1.60 bits per heavy atom. The first kappa shape index (κ1) is 15.3. The molecule has 1 heterocycles. The van der Waals surface area contributed by atoms with Crippen molar-refractivity contribution in [3.63, 3.8) is 0 Å². The highest BCUT2D eigenvalue weighted by atomic mass is 35.5. The first-order valence-corrected chi connectivity index (χ1v) is 7.25. The summed E-state index contributed by atoms with van der Waals surface area (Å²) in [5.74, 6) is -1.23. The van der Waals surface area contributed by atoms with Gasteiger partial charge in [0.25, 0.3) is 0 Å². The van der Waals surface area contributed by atoms with Crippen LogP contribution in [0.25, 0.3) is 0 Å². The molecular formula is C15H19ClFNO2. The van der Waals surface area contributed by atoms with Crippen molar-refractivity contribution in [1.82, 2.24) is 4.90 Å². The lowest BCUT2D eigenvalue weighted by Gasteiger charge is -2.38. The minimum atomic E-state index is -0.819. The van der Waals surface area contributed by atoms with Crippen molar-refractivity contribution >= 4 is 17.6 Å². The van der Waals surface area contributed by atoms with Gasteiger partial charge in [0.05, 0.1) is 5.02 Å². The summed E-state index contributed by atoms with van der Waals surface area (Å²) < 4.78 is 13.2. The number of carboxylic acid groups (broad SMARTS) is 1. The van der Waals surface area contributed by atoms with E-state index < -0.39 is 17.3 Å². The summed E-state index contributed by atoms with van der Waals surface area (Å²) in [6.07, 6.45) is 2.07. The van der Waals surface area contributed by atoms with Crippen molar-refractivity contribution in [2.45, 2.75) is 44.7 Å². The SMILES string of the molecule is CCC1(C(=O)O)CCCN1C(C)c1ccc(F)c(Cl)c1. The fourth-order valence-corrected chi connectivity index (χ4v) is 3.37. The largest absolute Gasteiger partial charge is 0.480 e. The lowest BCUT2D eigenvalue weighted by Crippen LogP contribution is -2.50. The van der Waals surface area contributed by atoms with Crippen molar-refractivity contribution in [1.29, 1.82) is 0 Å². The molecule has 0 aliphatic carbocycles. The maximum Gasteiger partial charge on any atom is 0.324 e. The zero-order chi connectivity index (χ0) is 14.9. The zero-order valence-corrected chi connectivity index (χ0v) is 12.5. The molecule has 110 valence electrons. The molecule has 2 rings (SSSR count). The average Bonchev–Trinajstić information content (AvgIpc) is 2.86. The topological polar surface area (TPSA) is 40.5 Å². The van der Waals surface area contributed by atoms with Gasteiger partial charge in [-0.05, 0) is 50.4 Å². The first-order valence-electron chi connectivity index (χ1n) is 6.87. The van der Waals surface area contributed by atoms with E-state index in [0.29, 0.717) is 12.8 Å². The molecule has 0 spiro atoms. The normalized spacial score (nSPS) is 24.8. The summed E-state index contributed by atoms with van der Waals surface area (Å²) in [5.41, 5.74) is 0.0256. The summed E-state index contributed by atoms with van der Waals surface area (Å²) in [5, 5.41) is 9.68. The van der Waals surface area contributed by atoms with Crippen LogP contribution >= 0.6 is 11.6 Å². The Morgan fingerprint density at radius 3 is 2.85 bits per heavy atom. The Bertz CT molecular complexity index is 523. The molecule has 2 unspecified atom stereocenters. The van der Waals surface area contributed by atoms with E-state index in [2.05, 4.69) is 0 Å². The molecule has 1 aliphatic heterocycles. The van der Waals surface area contributed by atoms with E-state index in [1.165, 1.54) is 6.07 Å². The maximum absolute atomic E-state index is 13.2. The molecule has 1 aromatic carbocycles.